The van der Waals surface area contributed by atoms with Gasteiger partial charge in [-0.3, -0.25) is 4.79 Å². The van der Waals surface area contributed by atoms with Crippen LogP contribution in [-0.4, -0.2) is 28.7 Å². The van der Waals surface area contributed by atoms with E-state index in [2.05, 4.69) is 10.3 Å². The molecule has 0 radical (unpaired) electrons. The van der Waals surface area contributed by atoms with Crippen LogP contribution in [0.4, 0.5) is 14.9 Å². The van der Waals surface area contributed by atoms with Gasteiger partial charge in [0.25, 0.3) is 5.56 Å². The second kappa shape index (κ2) is 8.53. The molecule has 0 atom stereocenters. The summed E-state index contributed by atoms with van der Waals surface area (Å²) in [6.45, 7) is 0.333. The zero-order valence-electron chi connectivity index (χ0n) is 17.5. The van der Waals surface area contributed by atoms with Gasteiger partial charge in [0.1, 0.15) is 5.82 Å². The van der Waals surface area contributed by atoms with Gasteiger partial charge in [-0.25, -0.2) is 9.18 Å². The molecule has 5 rings (SSSR count). The van der Waals surface area contributed by atoms with E-state index in [-0.39, 0.29) is 36.8 Å². The van der Waals surface area contributed by atoms with Crippen LogP contribution in [0.3, 0.4) is 0 Å². The van der Waals surface area contributed by atoms with Crippen molar-refractivity contribution in [2.45, 2.75) is 44.7 Å². The summed E-state index contributed by atoms with van der Waals surface area (Å²) in [4.78, 5) is 30.7. The predicted octanol–water partition coefficient (Wildman–Crippen LogP) is 4.76. The topological polar surface area (TPSA) is 83.7 Å². The fourth-order valence-electron chi connectivity index (χ4n) is 4.43. The number of halogens is 1. The first-order chi connectivity index (χ1) is 15.6. The van der Waals surface area contributed by atoms with Crippen LogP contribution in [0.15, 0.2) is 47.3 Å². The maximum atomic E-state index is 13.2. The molecule has 8 heteroatoms. The number of fused-ring (bicyclic) bond motifs is 2. The Morgan fingerprint density at radius 1 is 1.06 bits per heavy atom. The SMILES string of the molecule is O=C(Nc1ccc(F)cc1)N(Cc1cc2cc3c(cc2[nH]c1=O)OCO3)C1CCCCC1. The van der Waals surface area contributed by atoms with Gasteiger partial charge < -0.3 is 24.7 Å². The van der Waals surface area contributed by atoms with Gasteiger partial charge in [-0.2, -0.15) is 0 Å². The largest absolute Gasteiger partial charge is 0.454 e. The van der Waals surface area contributed by atoms with Crippen molar-refractivity contribution in [3.63, 3.8) is 0 Å². The van der Waals surface area contributed by atoms with Crippen molar-refractivity contribution in [3.05, 3.63) is 64.2 Å². The molecule has 1 saturated carbocycles. The molecular formula is C24H24FN3O4. The molecule has 0 bridgehead atoms. The molecule has 0 unspecified atom stereocenters. The highest BCUT2D eigenvalue weighted by Gasteiger charge is 2.27. The van der Waals surface area contributed by atoms with Crippen molar-refractivity contribution in [1.82, 2.24) is 9.88 Å². The van der Waals surface area contributed by atoms with Gasteiger partial charge in [0.2, 0.25) is 6.79 Å². The van der Waals surface area contributed by atoms with Crippen LogP contribution in [0.25, 0.3) is 10.9 Å². The fraction of sp³-hybridized carbons (Fsp3) is 0.333. The Balaban J connectivity index is 1.44. The zero-order chi connectivity index (χ0) is 22.1. The number of pyridine rings is 1. The van der Waals surface area contributed by atoms with Crippen LogP contribution in [0.2, 0.25) is 0 Å². The fourth-order valence-corrected chi connectivity index (χ4v) is 4.43. The monoisotopic (exact) mass is 437 g/mol. The van der Waals surface area contributed by atoms with Crippen LogP contribution in [0, 0.1) is 5.82 Å². The number of nitrogens with one attached hydrogen (secondary N) is 2. The molecule has 1 fully saturated rings. The summed E-state index contributed by atoms with van der Waals surface area (Å²) in [7, 11) is 0. The lowest BCUT2D eigenvalue weighted by molar-refractivity contribution is 0.162. The highest BCUT2D eigenvalue weighted by molar-refractivity contribution is 5.89. The summed E-state index contributed by atoms with van der Waals surface area (Å²) in [5.74, 6) is 0.868. The van der Waals surface area contributed by atoms with Crippen LogP contribution >= 0.6 is 0 Å². The Bertz CT molecular complexity index is 1200. The molecule has 2 N–H and O–H groups in total. The lowest BCUT2D eigenvalue weighted by Gasteiger charge is -2.34. The maximum absolute atomic E-state index is 13.2. The number of ether oxygens (including phenoxy) is 2. The summed E-state index contributed by atoms with van der Waals surface area (Å²) in [6, 6.07) is 10.8. The molecule has 0 saturated heterocycles. The number of hydrogen-bond acceptors (Lipinski definition) is 4. The van der Waals surface area contributed by atoms with Crippen LogP contribution < -0.4 is 20.3 Å². The third-order valence-electron chi connectivity index (χ3n) is 6.13. The standard InChI is InChI=1S/C24H24FN3O4/c25-17-6-8-18(9-7-17)26-24(30)28(19-4-2-1-3-5-19)13-16-10-15-11-21-22(32-14-31-21)12-20(15)27-23(16)29/h6-12,19H,1-5,13-14H2,(H,26,30)(H,27,29). The van der Waals surface area contributed by atoms with Gasteiger partial charge in [-0.15, -0.1) is 0 Å². The molecule has 166 valence electrons. The Kier molecular flexibility index (Phi) is 5.43. The van der Waals surface area contributed by atoms with E-state index in [1.54, 1.807) is 17.0 Å². The maximum Gasteiger partial charge on any atom is 0.322 e. The second-order valence-corrected chi connectivity index (χ2v) is 8.27. The molecule has 1 aromatic heterocycles. The third kappa shape index (κ3) is 4.12. The number of rotatable bonds is 4. The third-order valence-corrected chi connectivity index (χ3v) is 6.13. The van der Waals surface area contributed by atoms with Gasteiger partial charge in [-0.1, -0.05) is 19.3 Å². The van der Waals surface area contributed by atoms with Crippen molar-refractivity contribution in [1.29, 1.82) is 0 Å². The average molecular weight is 437 g/mol. The first-order valence-corrected chi connectivity index (χ1v) is 10.9. The zero-order valence-corrected chi connectivity index (χ0v) is 17.5. The van der Waals surface area contributed by atoms with Gasteiger partial charge in [0.15, 0.2) is 11.5 Å². The average Bonchev–Trinajstić information content (AvgIpc) is 3.25. The Morgan fingerprint density at radius 3 is 2.53 bits per heavy atom. The lowest BCUT2D eigenvalue weighted by atomic mass is 9.94. The van der Waals surface area contributed by atoms with E-state index in [0.29, 0.717) is 28.3 Å². The van der Waals surface area contributed by atoms with Gasteiger partial charge in [0.05, 0.1) is 12.1 Å². The smallest absolute Gasteiger partial charge is 0.322 e. The molecule has 32 heavy (non-hydrogen) atoms. The molecule has 7 nitrogen and oxygen atoms in total. The highest BCUT2D eigenvalue weighted by atomic mass is 19.1. The van der Waals surface area contributed by atoms with Crippen molar-refractivity contribution < 1.29 is 18.7 Å². The van der Waals surface area contributed by atoms with E-state index in [0.717, 1.165) is 37.5 Å². The van der Waals surface area contributed by atoms with Crippen LogP contribution in [-0.2, 0) is 6.54 Å². The number of urea groups is 1. The molecule has 3 aromatic rings. The number of carbonyl (C=O) groups excluding carboxylic acids is 1. The number of amides is 2. The van der Waals surface area contributed by atoms with E-state index in [4.69, 9.17) is 9.47 Å². The van der Waals surface area contributed by atoms with E-state index in [9.17, 15) is 14.0 Å². The van der Waals surface area contributed by atoms with Crippen molar-refractivity contribution in [2.24, 2.45) is 0 Å². The Labute approximate surface area is 184 Å². The molecule has 1 aliphatic carbocycles. The Morgan fingerprint density at radius 2 is 1.78 bits per heavy atom. The number of H-pyrrole nitrogens is 1. The Hall–Kier alpha value is -3.55. The molecule has 2 heterocycles. The predicted molar refractivity (Wildman–Crippen MR) is 119 cm³/mol. The number of anilines is 1. The van der Waals surface area contributed by atoms with E-state index < -0.39 is 0 Å². The minimum atomic E-state index is -0.365. The summed E-state index contributed by atoms with van der Waals surface area (Å²) in [5, 5.41) is 3.66. The molecule has 2 amide bonds. The van der Waals surface area contributed by atoms with Crippen molar-refractivity contribution >= 4 is 22.6 Å². The van der Waals surface area contributed by atoms with Crippen LogP contribution in [0.1, 0.15) is 37.7 Å². The lowest BCUT2D eigenvalue weighted by Crippen LogP contribution is -2.44. The van der Waals surface area contributed by atoms with E-state index >= 15 is 0 Å². The summed E-state index contributed by atoms with van der Waals surface area (Å²) in [6.07, 6.45) is 5.01. The second-order valence-electron chi connectivity index (χ2n) is 8.27. The van der Waals surface area contributed by atoms with Gasteiger partial charge in [0, 0.05) is 28.7 Å². The quantitative estimate of drug-likeness (QED) is 0.616. The first-order valence-electron chi connectivity index (χ1n) is 10.9. The summed E-state index contributed by atoms with van der Waals surface area (Å²) >= 11 is 0. The summed E-state index contributed by atoms with van der Waals surface area (Å²) in [5.41, 5.74) is 1.42. The van der Waals surface area contributed by atoms with E-state index in [1.807, 2.05) is 6.07 Å². The highest BCUT2D eigenvalue weighted by Crippen LogP contribution is 2.35. The number of aromatic amines is 1. The number of nitrogens with zero attached hydrogens (tertiary/aromatic N) is 1. The molecule has 0 spiro atoms. The minimum absolute atomic E-state index is 0.0380. The number of carbonyl (C=O) groups is 1. The van der Waals surface area contributed by atoms with E-state index in [1.165, 1.54) is 24.3 Å². The number of benzene rings is 2. The normalized spacial score (nSPS) is 15.7. The minimum Gasteiger partial charge on any atom is -0.454 e. The van der Waals surface area contributed by atoms with Crippen molar-refractivity contribution in [3.8, 4) is 11.5 Å². The molecule has 2 aliphatic rings. The van der Waals surface area contributed by atoms with Gasteiger partial charge >= 0.3 is 6.03 Å². The molecular weight excluding hydrogens is 413 g/mol. The number of aromatic nitrogens is 1. The van der Waals surface area contributed by atoms with Crippen LogP contribution in [0.5, 0.6) is 11.5 Å². The first kappa shape index (κ1) is 20.4. The number of hydrogen-bond donors (Lipinski definition) is 2. The van der Waals surface area contributed by atoms with Crippen molar-refractivity contribution in [2.75, 3.05) is 12.1 Å². The molecule has 2 aromatic carbocycles. The van der Waals surface area contributed by atoms with Gasteiger partial charge in [-0.05, 0) is 49.2 Å². The molecule has 1 aliphatic heterocycles. The summed E-state index contributed by atoms with van der Waals surface area (Å²) < 4.78 is 24.1.